The Morgan fingerprint density at radius 1 is 0.321 bits per heavy atom. The molecular weight excluding hydrogens is 868 g/mol. The lowest BCUT2D eigenvalue weighted by Gasteiger charge is -2.11. The molecule has 5 heterocycles. The number of H-pyrrole nitrogens is 2. The Balaban J connectivity index is 1.54. The van der Waals surface area contributed by atoms with Gasteiger partial charge in [-0.3, -0.25) is 4.98 Å². The van der Waals surface area contributed by atoms with Crippen molar-refractivity contribution < 1.29 is 0 Å². The summed E-state index contributed by atoms with van der Waals surface area (Å²) < 4.78 is 0. The van der Waals surface area contributed by atoms with Gasteiger partial charge >= 0.3 is 0 Å². The molecular formula is C44H24Cl8N4. The molecule has 2 aliphatic heterocycles. The third-order valence-electron chi connectivity index (χ3n) is 9.90. The number of benzene rings is 4. The molecule has 12 heteroatoms. The van der Waals surface area contributed by atoms with E-state index in [1.165, 1.54) is 0 Å². The summed E-state index contributed by atoms with van der Waals surface area (Å²) in [5.41, 5.74) is 10.9. The van der Waals surface area contributed by atoms with E-state index in [1.54, 1.807) is 36.4 Å². The zero-order valence-electron chi connectivity index (χ0n) is 28.7. The highest BCUT2D eigenvalue weighted by Gasteiger charge is 2.25. The maximum Gasteiger partial charge on any atom is 0.0738 e. The second-order valence-electron chi connectivity index (χ2n) is 13.2. The highest BCUT2D eigenvalue weighted by molar-refractivity contribution is 6.42. The van der Waals surface area contributed by atoms with Crippen molar-refractivity contribution in [1.29, 1.82) is 0 Å². The molecule has 3 aromatic heterocycles. The Kier molecular flexibility index (Phi) is 10.1. The smallest absolute Gasteiger partial charge is 0.0738 e. The van der Waals surface area contributed by atoms with E-state index < -0.39 is 0 Å². The number of hydrogen-bond acceptors (Lipinski definition) is 2. The molecule has 0 fully saturated rings. The van der Waals surface area contributed by atoms with Crippen LogP contribution in [0.4, 0.5) is 0 Å². The van der Waals surface area contributed by atoms with Crippen LogP contribution in [0, 0.1) is 0 Å². The Hall–Kier alpha value is -3.94. The average Bonchev–Trinajstić information content (AvgIpc) is 4.00. The minimum atomic E-state index is 0.453. The molecule has 7 aromatic rings. The van der Waals surface area contributed by atoms with E-state index in [9.17, 15) is 0 Å². The van der Waals surface area contributed by atoms with Gasteiger partial charge in [0.05, 0.1) is 63.0 Å². The molecule has 0 radical (unpaired) electrons. The van der Waals surface area contributed by atoms with Crippen LogP contribution in [-0.2, 0) is 12.8 Å². The van der Waals surface area contributed by atoms with Crippen molar-refractivity contribution in [2.75, 3.05) is 0 Å². The first-order valence-corrected chi connectivity index (χ1v) is 20.3. The second kappa shape index (κ2) is 15.1. The highest BCUT2D eigenvalue weighted by atomic mass is 35.5. The van der Waals surface area contributed by atoms with Crippen LogP contribution < -0.4 is 0 Å². The summed E-state index contributed by atoms with van der Waals surface area (Å²) in [6.07, 6.45) is 4.98. The predicted molar refractivity (Wildman–Crippen MR) is 239 cm³/mol. The number of fused-ring (bicyclic) bond motifs is 8. The average molecular weight is 892 g/mol. The lowest BCUT2D eigenvalue weighted by atomic mass is 10.0. The minimum Gasteiger partial charge on any atom is -0.354 e. The SMILES string of the molecule is Clc1cccc(Cl)c1-c1c2nc(c(-c3c(Cl)cccc3Cl)c3ccc([nH]3)c(-c3c(Cl)cccc3Cl)c3nc(c(-c4c(Cl)cccc4Cl)c4ccc1[nH]4)CC3)C=C2. The molecule has 0 unspecified atom stereocenters. The molecule has 8 bridgehead atoms. The number of aromatic nitrogens is 4. The molecule has 0 amide bonds. The molecule has 0 saturated heterocycles. The van der Waals surface area contributed by atoms with E-state index in [0.29, 0.717) is 109 Å². The summed E-state index contributed by atoms with van der Waals surface area (Å²) in [7, 11) is 0. The van der Waals surface area contributed by atoms with Gasteiger partial charge in [-0.15, -0.1) is 0 Å². The summed E-state index contributed by atoms with van der Waals surface area (Å²) in [6.45, 7) is 0. The van der Waals surface area contributed by atoms with Crippen LogP contribution >= 0.6 is 92.8 Å². The number of nitrogens with zero attached hydrogens (tertiary/aromatic N) is 2. The van der Waals surface area contributed by atoms with E-state index >= 15 is 0 Å². The zero-order valence-corrected chi connectivity index (χ0v) is 34.8. The molecule has 276 valence electrons. The first-order chi connectivity index (χ1) is 27.1. The Morgan fingerprint density at radius 2 is 0.589 bits per heavy atom. The van der Waals surface area contributed by atoms with Crippen molar-refractivity contribution in [2.45, 2.75) is 12.8 Å². The fourth-order valence-corrected chi connectivity index (χ4v) is 9.85. The second-order valence-corrected chi connectivity index (χ2v) is 16.4. The third-order valence-corrected chi connectivity index (χ3v) is 12.4. The molecule has 0 saturated carbocycles. The van der Waals surface area contributed by atoms with Crippen LogP contribution in [0.1, 0.15) is 22.8 Å². The van der Waals surface area contributed by atoms with Gasteiger partial charge in [0.2, 0.25) is 0 Å². The van der Waals surface area contributed by atoms with Crippen molar-refractivity contribution >= 4 is 127 Å². The van der Waals surface area contributed by atoms with Crippen molar-refractivity contribution in [3.63, 3.8) is 0 Å². The van der Waals surface area contributed by atoms with Crippen molar-refractivity contribution in [3.05, 3.63) is 160 Å². The number of aryl methyl sites for hydroxylation is 2. The fraction of sp³-hybridized carbons (Fsp3) is 0.0455. The summed E-state index contributed by atoms with van der Waals surface area (Å²) >= 11 is 55.7. The van der Waals surface area contributed by atoms with Crippen LogP contribution in [0.3, 0.4) is 0 Å². The van der Waals surface area contributed by atoms with E-state index in [1.807, 2.05) is 72.8 Å². The van der Waals surface area contributed by atoms with Gasteiger partial charge in [0.25, 0.3) is 0 Å². The first-order valence-electron chi connectivity index (χ1n) is 17.3. The molecule has 4 nitrogen and oxygen atoms in total. The molecule has 0 atom stereocenters. The maximum atomic E-state index is 6.97. The van der Waals surface area contributed by atoms with Crippen LogP contribution in [-0.4, -0.2) is 19.9 Å². The topological polar surface area (TPSA) is 57.4 Å². The lowest BCUT2D eigenvalue weighted by Crippen LogP contribution is -1.92. The van der Waals surface area contributed by atoms with Gasteiger partial charge in [-0.2, -0.15) is 0 Å². The molecule has 9 rings (SSSR count). The molecule has 56 heavy (non-hydrogen) atoms. The molecule has 0 spiro atoms. The van der Waals surface area contributed by atoms with Crippen molar-refractivity contribution in [3.8, 4) is 44.5 Å². The highest BCUT2D eigenvalue weighted by Crippen LogP contribution is 2.46. The number of hydrogen-bond donors (Lipinski definition) is 2. The van der Waals surface area contributed by atoms with Crippen LogP contribution in [0.15, 0.2) is 97.1 Å². The van der Waals surface area contributed by atoms with Crippen LogP contribution in [0.25, 0.3) is 78.7 Å². The van der Waals surface area contributed by atoms with Crippen molar-refractivity contribution in [2.24, 2.45) is 0 Å². The van der Waals surface area contributed by atoms with Gasteiger partial charge in [0.15, 0.2) is 0 Å². The number of aromatic amines is 2. The minimum absolute atomic E-state index is 0.453. The Bertz CT molecular complexity index is 2700. The lowest BCUT2D eigenvalue weighted by molar-refractivity contribution is 1.03. The number of rotatable bonds is 4. The summed E-state index contributed by atoms with van der Waals surface area (Å²) in [4.78, 5) is 18.0. The van der Waals surface area contributed by atoms with Gasteiger partial charge in [-0.05, 0) is 97.8 Å². The van der Waals surface area contributed by atoms with E-state index in [-0.39, 0.29) is 0 Å². The number of halogens is 8. The predicted octanol–water partition coefficient (Wildman–Crippen LogP) is 16.2. The van der Waals surface area contributed by atoms with Gasteiger partial charge in [-0.1, -0.05) is 117 Å². The maximum absolute atomic E-state index is 6.97. The summed E-state index contributed by atoms with van der Waals surface area (Å²) in [5.74, 6) is 0. The Morgan fingerprint density at radius 3 is 0.893 bits per heavy atom. The summed E-state index contributed by atoms with van der Waals surface area (Å²) in [6, 6.07) is 29.6. The van der Waals surface area contributed by atoms with Crippen LogP contribution in [0.5, 0.6) is 0 Å². The summed E-state index contributed by atoms with van der Waals surface area (Å²) in [5, 5.41) is 3.71. The molecule has 2 N–H and O–H groups in total. The largest absolute Gasteiger partial charge is 0.354 e. The van der Waals surface area contributed by atoms with E-state index in [0.717, 1.165) is 33.5 Å². The third kappa shape index (κ3) is 6.51. The van der Waals surface area contributed by atoms with E-state index in [2.05, 4.69) is 9.97 Å². The standard InChI is InChI=1S/C44H24Cl8N4/c45-21-5-1-6-22(46)37(21)41-29-13-15-31(53-29)42(38-23(47)7-2-8-24(38)48)33-17-19-35(55-33)44(40-27(51)11-4-12-28(40)52)36-20-18-34(56-36)43(32-16-14-30(41)54-32)39-25(49)9-3-10-26(39)50/h1-17,19,54-55H,18,20H2. The van der Waals surface area contributed by atoms with Crippen molar-refractivity contribution in [1.82, 2.24) is 19.9 Å². The van der Waals surface area contributed by atoms with Gasteiger partial charge in [0.1, 0.15) is 0 Å². The van der Waals surface area contributed by atoms with E-state index in [4.69, 9.17) is 103 Å². The molecule has 2 aliphatic rings. The monoisotopic (exact) mass is 888 g/mol. The van der Waals surface area contributed by atoms with Gasteiger partial charge in [0, 0.05) is 66.6 Å². The fourth-order valence-electron chi connectivity index (χ4n) is 7.50. The molecule has 0 aliphatic carbocycles. The zero-order chi connectivity index (χ0) is 38.8. The number of nitrogens with one attached hydrogen (secondary N) is 2. The normalized spacial score (nSPS) is 12.4. The Labute approximate surface area is 361 Å². The molecule has 4 aromatic carbocycles. The van der Waals surface area contributed by atoms with Gasteiger partial charge in [-0.25, -0.2) is 4.98 Å². The van der Waals surface area contributed by atoms with Gasteiger partial charge < -0.3 is 9.97 Å². The quantitative estimate of drug-likeness (QED) is 0.185. The first kappa shape index (κ1) is 37.6. The van der Waals surface area contributed by atoms with Crippen LogP contribution in [0.2, 0.25) is 40.2 Å².